The third kappa shape index (κ3) is 5.27. The van der Waals surface area contributed by atoms with Crippen LogP contribution in [-0.4, -0.2) is 27.9 Å². The lowest BCUT2D eigenvalue weighted by molar-refractivity contribution is 0.318. The molecule has 0 spiro atoms. The van der Waals surface area contributed by atoms with Crippen molar-refractivity contribution in [2.45, 2.75) is 29.4 Å². The average molecular weight is 474 g/mol. The second-order valence-corrected chi connectivity index (χ2v) is 11.0. The minimum absolute atomic E-state index is 0.0379. The molecule has 32 heavy (non-hydrogen) atoms. The van der Waals surface area contributed by atoms with Gasteiger partial charge in [0.15, 0.2) is 15.7 Å². The molecule has 0 radical (unpaired) electrons. The van der Waals surface area contributed by atoms with Crippen molar-refractivity contribution in [1.29, 1.82) is 0 Å². The number of hydrogen-bond acceptors (Lipinski definition) is 6. The van der Waals surface area contributed by atoms with Gasteiger partial charge < -0.3 is 10.9 Å². The van der Waals surface area contributed by atoms with E-state index in [-0.39, 0.29) is 32.4 Å². The van der Waals surface area contributed by atoms with E-state index in [1.165, 1.54) is 42.5 Å². The van der Waals surface area contributed by atoms with Crippen molar-refractivity contribution >= 4 is 31.4 Å². The van der Waals surface area contributed by atoms with E-state index >= 15 is 0 Å². The van der Waals surface area contributed by atoms with Crippen LogP contribution in [0.3, 0.4) is 0 Å². The maximum absolute atomic E-state index is 13.0. The largest absolute Gasteiger partial charge is 0.409 e. The standard InChI is InChI=1S/C22H23N3O5S2/c1-15-3-8-19(9-4-15)31(27,28)14-18-13-17(22(23)24-26)7-12-21(18)25-32(29,30)20-10-5-16(2)6-11-20/h3-13,25-26H,14H2,1-2H3,(H2,23,24). The van der Waals surface area contributed by atoms with E-state index in [9.17, 15) is 16.8 Å². The van der Waals surface area contributed by atoms with E-state index in [0.717, 1.165) is 11.1 Å². The Morgan fingerprint density at radius 1 is 0.875 bits per heavy atom. The first-order valence-electron chi connectivity index (χ1n) is 9.51. The van der Waals surface area contributed by atoms with Crippen LogP contribution in [0.2, 0.25) is 0 Å². The van der Waals surface area contributed by atoms with Crippen LogP contribution in [0.1, 0.15) is 22.3 Å². The summed E-state index contributed by atoms with van der Waals surface area (Å²) in [5.41, 5.74) is 7.94. The van der Waals surface area contributed by atoms with Crippen molar-refractivity contribution in [3.05, 3.63) is 89.0 Å². The number of anilines is 1. The van der Waals surface area contributed by atoms with E-state index in [0.29, 0.717) is 0 Å². The van der Waals surface area contributed by atoms with Gasteiger partial charge >= 0.3 is 0 Å². The molecule has 168 valence electrons. The van der Waals surface area contributed by atoms with Crippen molar-refractivity contribution in [3.8, 4) is 0 Å². The molecule has 0 saturated heterocycles. The first-order chi connectivity index (χ1) is 15.0. The van der Waals surface area contributed by atoms with Gasteiger partial charge in [0.25, 0.3) is 10.0 Å². The fourth-order valence-corrected chi connectivity index (χ4v) is 5.45. The highest BCUT2D eigenvalue weighted by atomic mass is 32.2. The molecular weight excluding hydrogens is 450 g/mol. The zero-order valence-electron chi connectivity index (χ0n) is 17.5. The van der Waals surface area contributed by atoms with Gasteiger partial charge in [-0.3, -0.25) is 4.72 Å². The monoisotopic (exact) mass is 473 g/mol. The number of rotatable bonds is 7. The maximum atomic E-state index is 13.0. The Labute approximate surface area is 187 Å². The number of amidine groups is 1. The first-order valence-corrected chi connectivity index (χ1v) is 12.6. The number of sulfonamides is 1. The van der Waals surface area contributed by atoms with E-state index < -0.39 is 25.6 Å². The topological polar surface area (TPSA) is 139 Å². The molecule has 0 atom stereocenters. The van der Waals surface area contributed by atoms with Crippen molar-refractivity contribution < 1.29 is 22.0 Å². The van der Waals surface area contributed by atoms with E-state index in [4.69, 9.17) is 10.9 Å². The number of nitrogens with two attached hydrogens (primary N) is 1. The second kappa shape index (κ2) is 9.01. The Bertz CT molecular complexity index is 1360. The molecule has 0 bridgehead atoms. The Morgan fingerprint density at radius 3 is 1.94 bits per heavy atom. The highest BCUT2D eigenvalue weighted by Crippen LogP contribution is 2.26. The minimum Gasteiger partial charge on any atom is -0.409 e. The van der Waals surface area contributed by atoms with Crippen molar-refractivity contribution in [3.63, 3.8) is 0 Å². The fourth-order valence-electron chi connectivity index (χ4n) is 2.98. The molecule has 0 amide bonds. The normalized spacial score (nSPS) is 12.5. The summed E-state index contributed by atoms with van der Waals surface area (Å²) >= 11 is 0. The summed E-state index contributed by atoms with van der Waals surface area (Å²) in [6, 6.07) is 16.8. The van der Waals surface area contributed by atoms with Gasteiger partial charge in [0.1, 0.15) is 0 Å². The van der Waals surface area contributed by atoms with Crippen LogP contribution in [0, 0.1) is 13.8 Å². The highest BCUT2D eigenvalue weighted by molar-refractivity contribution is 7.92. The van der Waals surface area contributed by atoms with Gasteiger partial charge in [-0.1, -0.05) is 40.5 Å². The molecule has 0 saturated carbocycles. The molecular formula is C22H23N3O5S2. The van der Waals surface area contributed by atoms with Crippen LogP contribution >= 0.6 is 0 Å². The van der Waals surface area contributed by atoms with Crippen molar-refractivity contribution in [1.82, 2.24) is 0 Å². The first kappa shape index (κ1) is 23.3. The summed E-state index contributed by atoms with van der Waals surface area (Å²) in [7, 11) is -7.78. The van der Waals surface area contributed by atoms with Crippen molar-refractivity contribution in [2.24, 2.45) is 10.9 Å². The van der Waals surface area contributed by atoms with Crippen LogP contribution in [-0.2, 0) is 25.6 Å². The van der Waals surface area contributed by atoms with Gasteiger partial charge in [-0.15, -0.1) is 0 Å². The zero-order chi connectivity index (χ0) is 23.5. The number of aryl methyl sites for hydroxylation is 2. The van der Waals surface area contributed by atoms with Crippen LogP contribution in [0.25, 0.3) is 0 Å². The number of benzene rings is 3. The van der Waals surface area contributed by atoms with E-state index in [2.05, 4.69) is 9.88 Å². The molecule has 0 aliphatic carbocycles. The Morgan fingerprint density at radius 2 is 1.41 bits per heavy atom. The molecule has 0 heterocycles. The number of nitrogens with zero attached hydrogens (tertiary/aromatic N) is 1. The number of sulfone groups is 1. The maximum Gasteiger partial charge on any atom is 0.261 e. The van der Waals surface area contributed by atoms with Gasteiger partial charge in [0.2, 0.25) is 0 Å². The summed E-state index contributed by atoms with van der Waals surface area (Å²) in [5.74, 6) is -0.721. The molecule has 3 aromatic rings. The van der Waals surface area contributed by atoms with E-state index in [1.807, 2.05) is 13.8 Å². The summed E-state index contributed by atoms with van der Waals surface area (Å²) in [6.07, 6.45) is 0. The third-order valence-electron chi connectivity index (χ3n) is 4.81. The van der Waals surface area contributed by atoms with Gasteiger partial charge in [0.05, 0.1) is 21.2 Å². The highest BCUT2D eigenvalue weighted by Gasteiger charge is 2.22. The quantitative estimate of drug-likeness (QED) is 0.208. The van der Waals surface area contributed by atoms with Crippen LogP contribution in [0.5, 0.6) is 0 Å². The van der Waals surface area contributed by atoms with Gasteiger partial charge in [-0.2, -0.15) is 0 Å². The SMILES string of the molecule is Cc1ccc(S(=O)(=O)Cc2cc(C(N)=NO)ccc2NS(=O)(=O)c2ccc(C)cc2)cc1. The molecule has 8 nitrogen and oxygen atoms in total. The summed E-state index contributed by atoms with van der Waals surface area (Å²) in [5, 5.41) is 11.9. The van der Waals surface area contributed by atoms with E-state index in [1.54, 1.807) is 24.3 Å². The van der Waals surface area contributed by atoms with Crippen molar-refractivity contribution in [2.75, 3.05) is 4.72 Å². The van der Waals surface area contributed by atoms with Crippen LogP contribution in [0.4, 0.5) is 5.69 Å². The van der Waals surface area contributed by atoms with Crippen LogP contribution < -0.4 is 10.5 Å². The molecule has 3 aromatic carbocycles. The predicted octanol–water partition coefficient (Wildman–Crippen LogP) is 3.17. The smallest absolute Gasteiger partial charge is 0.261 e. The Kier molecular flexibility index (Phi) is 6.56. The molecule has 4 N–H and O–H groups in total. The number of nitrogens with one attached hydrogen (secondary N) is 1. The molecule has 0 fully saturated rings. The van der Waals surface area contributed by atoms with Crippen LogP contribution in [0.15, 0.2) is 81.7 Å². The second-order valence-electron chi connectivity index (χ2n) is 7.35. The third-order valence-corrected chi connectivity index (χ3v) is 7.87. The molecule has 0 aromatic heterocycles. The summed E-state index contributed by atoms with van der Waals surface area (Å²) in [6.45, 7) is 3.68. The average Bonchev–Trinajstić information content (AvgIpc) is 2.74. The number of hydrogen-bond donors (Lipinski definition) is 3. The fraction of sp³-hybridized carbons (Fsp3) is 0.136. The molecule has 10 heteroatoms. The molecule has 3 rings (SSSR count). The number of oxime groups is 1. The lowest BCUT2D eigenvalue weighted by atomic mass is 10.1. The lowest BCUT2D eigenvalue weighted by Gasteiger charge is -2.15. The molecule has 0 aliphatic heterocycles. The predicted molar refractivity (Wildman–Crippen MR) is 123 cm³/mol. The van der Waals surface area contributed by atoms with Gasteiger partial charge in [-0.25, -0.2) is 16.8 Å². The Hall–Kier alpha value is -3.37. The zero-order valence-corrected chi connectivity index (χ0v) is 19.1. The minimum atomic E-state index is -3.97. The lowest BCUT2D eigenvalue weighted by Crippen LogP contribution is -2.18. The van der Waals surface area contributed by atoms with Gasteiger partial charge in [-0.05, 0) is 61.9 Å². The van der Waals surface area contributed by atoms with Gasteiger partial charge in [0, 0.05) is 5.56 Å². The summed E-state index contributed by atoms with van der Waals surface area (Å²) < 4.78 is 54.2. The Balaban J connectivity index is 2.05. The molecule has 0 aliphatic rings. The summed E-state index contributed by atoms with van der Waals surface area (Å²) in [4.78, 5) is 0.139. The molecule has 0 unspecified atom stereocenters.